The Labute approximate surface area is 199 Å². The third-order valence-electron chi connectivity index (χ3n) is 4.15. The molecule has 0 aliphatic rings. The molecule has 0 amide bonds. The van der Waals surface area contributed by atoms with Crippen LogP contribution in [0, 0.1) is 0 Å². The Morgan fingerprint density at radius 1 is 0.586 bits per heavy atom. The van der Waals surface area contributed by atoms with E-state index in [0.717, 1.165) is 37.0 Å². The van der Waals surface area contributed by atoms with Crippen LogP contribution in [-0.2, 0) is 25.2 Å². The summed E-state index contributed by atoms with van der Waals surface area (Å²) in [5.41, 5.74) is 2.81. The molecule has 2 aromatic carbocycles. The van der Waals surface area contributed by atoms with Gasteiger partial charge in [-0.2, -0.15) is 0 Å². The first-order chi connectivity index (χ1) is 14.2. The molecule has 0 atom stereocenters. The van der Waals surface area contributed by atoms with Gasteiger partial charge in [-0.15, -0.1) is 0 Å². The summed E-state index contributed by atoms with van der Waals surface area (Å²) in [6.07, 6.45) is 0. The number of rotatable bonds is 14. The van der Waals surface area contributed by atoms with Crippen molar-refractivity contribution >= 4 is 43.5 Å². The van der Waals surface area contributed by atoms with Crippen LogP contribution in [0.2, 0.25) is 0 Å². The van der Waals surface area contributed by atoms with Crippen molar-refractivity contribution in [1.29, 1.82) is 0 Å². The fourth-order valence-electron chi connectivity index (χ4n) is 2.31. The minimum absolute atomic E-state index is 1.08. The molecule has 0 fully saturated rings. The number of benzene rings is 2. The van der Waals surface area contributed by atoms with Crippen LogP contribution in [-0.4, -0.2) is 34.8 Å². The normalized spacial score (nSPS) is 11.7. The SMILES string of the molecule is CCN(CC)SSc1ccc([CH2][Ni][CH2]c2ccc(SSN(CC)CC)cc2)cc1. The van der Waals surface area contributed by atoms with Gasteiger partial charge in [0.15, 0.2) is 0 Å². The van der Waals surface area contributed by atoms with Crippen LogP contribution in [0.4, 0.5) is 0 Å². The van der Waals surface area contributed by atoms with Crippen molar-refractivity contribution in [3.05, 3.63) is 59.7 Å². The van der Waals surface area contributed by atoms with E-state index in [1.54, 1.807) is 14.4 Å². The summed E-state index contributed by atoms with van der Waals surface area (Å²) in [4.78, 5) is 2.66. The summed E-state index contributed by atoms with van der Waals surface area (Å²) in [6.45, 7) is 13.1. The van der Waals surface area contributed by atoms with Gasteiger partial charge in [0.05, 0.1) is 0 Å². The summed E-state index contributed by atoms with van der Waals surface area (Å²) in [6, 6.07) is 18.1. The minimum atomic E-state index is 1.08. The van der Waals surface area contributed by atoms with Gasteiger partial charge in [-0.3, -0.25) is 0 Å². The van der Waals surface area contributed by atoms with E-state index in [1.165, 1.54) is 20.9 Å². The molecule has 7 heteroatoms. The topological polar surface area (TPSA) is 6.48 Å². The summed E-state index contributed by atoms with van der Waals surface area (Å²) in [5, 5.41) is 2.16. The van der Waals surface area contributed by atoms with Gasteiger partial charge in [0, 0.05) is 0 Å². The third kappa shape index (κ3) is 9.94. The molecule has 2 nitrogen and oxygen atoms in total. The molecular formula is C22H32N2NiS4. The fraction of sp³-hybridized carbons (Fsp3) is 0.455. The Kier molecular flexibility index (Phi) is 13.3. The molecule has 29 heavy (non-hydrogen) atoms. The molecule has 0 heterocycles. The Balaban J connectivity index is 1.71. The Morgan fingerprint density at radius 2 is 0.931 bits per heavy atom. The van der Waals surface area contributed by atoms with E-state index < -0.39 is 0 Å². The molecule has 0 bridgehead atoms. The first-order valence-electron chi connectivity index (χ1n) is 10.00. The van der Waals surface area contributed by atoms with Gasteiger partial charge in [0.2, 0.25) is 0 Å². The molecule has 0 aliphatic carbocycles. The van der Waals surface area contributed by atoms with Crippen molar-refractivity contribution in [3.63, 3.8) is 0 Å². The number of nitrogens with zero attached hydrogens (tertiary/aromatic N) is 2. The summed E-state index contributed by atoms with van der Waals surface area (Å²) in [7, 11) is 7.38. The molecule has 2 rings (SSSR count). The molecule has 0 saturated carbocycles. The van der Waals surface area contributed by atoms with Crippen LogP contribution in [0.1, 0.15) is 38.8 Å². The Morgan fingerprint density at radius 3 is 1.24 bits per heavy atom. The van der Waals surface area contributed by atoms with Gasteiger partial charge < -0.3 is 0 Å². The fourth-order valence-corrected chi connectivity index (χ4v) is 7.85. The van der Waals surface area contributed by atoms with Crippen LogP contribution in [0.5, 0.6) is 0 Å². The maximum atomic E-state index is 2.36. The standard InChI is InChI=1S/2C11H16NS2.Ni/c2*1-4-12(5-2)14-13-11-8-6-10(3)7-9-11;/h2*6-9H,3-5H2,1-2H3;. The second kappa shape index (κ2) is 15.1. The van der Waals surface area contributed by atoms with Crippen LogP contribution in [0.15, 0.2) is 58.3 Å². The van der Waals surface area contributed by atoms with Crippen LogP contribution in [0.25, 0.3) is 0 Å². The van der Waals surface area contributed by atoms with E-state index in [9.17, 15) is 0 Å². The van der Waals surface area contributed by atoms with E-state index in [1.807, 2.05) is 43.5 Å². The van der Waals surface area contributed by atoms with Crippen LogP contribution in [0.3, 0.4) is 0 Å². The summed E-state index contributed by atoms with van der Waals surface area (Å²) in [5.74, 6) is 0. The third-order valence-corrected chi connectivity index (χ3v) is 10.9. The molecule has 0 unspecified atom stereocenters. The summed E-state index contributed by atoms with van der Waals surface area (Å²) >= 11 is 1.79. The van der Waals surface area contributed by atoms with Crippen molar-refractivity contribution in [2.45, 2.75) is 48.3 Å². The van der Waals surface area contributed by atoms with Gasteiger partial charge in [0.1, 0.15) is 0 Å². The van der Waals surface area contributed by atoms with E-state index in [0.29, 0.717) is 0 Å². The van der Waals surface area contributed by atoms with E-state index >= 15 is 0 Å². The molecule has 0 aromatic heterocycles. The van der Waals surface area contributed by atoms with Crippen LogP contribution >= 0.6 is 43.5 Å². The van der Waals surface area contributed by atoms with Gasteiger partial charge in [-0.1, -0.05) is 0 Å². The summed E-state index contributed by atoms with van der Waals surface area (Å²) < 4.78 is 4.73. The first kappa shape index (κ1) is 25.5. The molecule has 0 saturated heterocycles. The van der Waals surface area contributed by atoms with Crippen molar-refractivity contribution < 1.29 is 14.4 Å². The van der Waals surface area contributed by atoms with Crippen LogP contribution < -0.4 is 0 Å². The quantitative estimate of drug-likeness (QED) is 0.147. The molecule has 0 radical (unpaired) electrons. The first-order valence-corrected chi connectivity index (χ1v) is 15.6. The van der Waals surface area contributed by atoms with Crippen molar-refractivity contribution in [1.82, 2.24) is 8.61 Å². The molecule has 2 aromatic rings. The zero-order valence-electron chi connectivity index (χ0n) is 17.7. The van der Waals surface area contributed by atoms with E-state index in [2.05, 4.69) is 84.8 Å². The van der Waals surface area contributed by atoms with Gasteiger partial charge in [0.25, 0.3) is 0 Å². The number of hydrogen-bond donors (Lipinski definition) is 0. The Hall–Kier alpha value is 0.254. The second-order valence-corrected chi connectivity index (χ2v) is 11.9. The van der Waals surface area contributed by atoms with Gasteiger partial charge in [-0.25, -0.2) is 0 Å². The number of hydrogen-bond acceptors (Lipinski definition) is 6. The second-order valence-electron chi connectivity index (χ2n) is 6.21. The zero-order chi connectivity index (χ0) is 20.9. The predicted molar refractivity (Wildman–Crippen MR) is 133 cm³/mol. The van der Waals surface area contributed by atoms with E-state index in [-0.39, 0.29) is 0 Å². The maximum absolute atomic E-state index is 2.36. The molecule has 0 spiro atoms. The molecule has 0 aliphatic heterocycles. The molecule has 164 valence electrons. The van der Waals surface area contributed by atoms with E-state index in [4.69, 9.17) is 0 Å². The average Bonchev–Trinajstić information content (AvgIpc) is 2.77. The predicted octanol–water partition coefficient (Wildman–Crippen LogP) is 7.46. The van der Waals surface area contributed by atoms with Crippen molar-refractivity contribution in [3.8, 4) is 0 Å². The van der Waals surface area contributed by atoms with Gasteiger partial charge >= 0.3 is 201 Å². The molecule has 0 N–H and O–H groups in total. The Bertz CT molecular complexity index is 615. The van der Waals surface area contributed by atoms with Crippen molar-refractivity contribution in [2.24, 2.45) is 0 Å². The molecular weight excluding hydrogens is 479 g/mol. The van der Waals surface area contributed by atoms with Crippen molar-refractivity contribution in [2.75, 3.05) is 26.2 Å². The zero-order valence-corrected chi connectivity index (χ0v) is 22.0. The van der Waals surface area contributed by atoms with Gasteiger partial charge in [-0.05, 0) is 0 Å². The average molecular weight is 511 g/mol. The monoisotopic (exact) mass is 510 g/mol.